The fraction of sp³-hybridized carbons (Fsp3) is 0.304. The number of amides is 1. The van der Waals surface area contributed by atoms with E-state index in [0.29, 0.717) is 12.4 Å². The second-order valence-electron chi connectivity index (χ2n) is 6.28. The van der Waals surface area contributed by atoms with Gasteiger partial charge in [-0.2, -0.15) is 10.5 Å². The molecule has 0 atom stereocenters. The van der Waals surface area contributed by atoms with Crippen molar-refractivity contribution in [2.45, 2.75) is 12.8 Å². The first-order valence-corrected chi connectivity index (χ1v) is 9.74. The van der Waals surface area contributed by atoms with Gasteiger partial charge in [-0.15, -0.1) is 0 Å². The lowest BCUT2D eigenvalue weighted by Crippen LogP contribution is -2.36. The van der Waals surface area contributed by atoms with Crippen LogP contribution in [-0.2, 0) is 9.53 Å². The number of nitriles is 2. The Morgan fingerprint density at radius 3 is 2.13 bits per heavy atom. The number of para-hydroxylation sites is 2. The van der Waals surface area contributed by atoms with Crippen molar-refractivity contribution in [3.63, 3.8) is 0 Å². The highest BCUT2D eigenvalue weighted by Gasteiger charge is 2.18. The Morgan fingerprint density at radius 2 is 1.45 bits per heavy atom. The summed E-state index contributed by atoms with van der Waals surface area (Å²) in [5.74, 6) is -0.126. The van der Waals surface area contributed by atoms with Gasteiger partial charge in [0.25, 0.3) is 5.91 Å². The fourth-order valence-corrected chi connectivity index (χ4v) is 2.62. The number of hydrogen-bond donors (Lipinski definition) is 0. The molecule has 8 nitrogen and oxygen atoms in total. The van der Waals surface area contributed by atoms with Crippen LogP contribution >= 0.6 is 0 Å². The number of ether oxygens (including phenoxy) is 3. The molecule has 0 bridgehead atoms. The summed E-state index contributed by atoms with van der Waals surface area (Å²) in [6.45, 7) is 0.374. The maximum absolute atomic E-state index is 12.5. The van der Waals surface area contributed by atoms with Crippen molar-refractivity contribution in [2.75, 3.05) is 32.9 Å². The summed E-state index contributed by atoms with van der Waals surface area (Å²) in [4.78, 5) is 26.1. The molecule has 8 heteroatoms. The van der Waals surface area contributed by atoms with Gasteiger partial charge >= 0.3 is 5.97 Å². The van der Waals surface area contributed by atoms with E-state index in [4.69, 9.17) is 24.7 Å². The van der Waals surface area contributed by atoms with Gasteiger partial charge in [0.05, 0.1) is 25.0 Å². The normalized spacial score (nSPS) is 9.74. The maximum Gasteiger partial charge on any atom is 0.342 e. The van der Waals surface area contributed by atoms with E-state index >= 15 is 0 Å². The van der Waals surface area contributed by atoms with Crippen LogP contribution in [0.1, 0.15) is 23.2 Å². The van der Waals surface area contributed by atoms with E-state index in [-0.39, 0.29) is 38.1 Å². The maximum atomic E-state index is 12.5. The molecule has 0 aliphatic heterocycles. The summed E-state index contributed by atoms with van der Waals surface area (Å²) >= 11 is 0. The minimum absolute atomic E-state index is 0.132. The smallest absolute Gasteiger partial charge is 0.342 e. The summed E-state index contributed by atoms with van der Waals surface area (Å²) in [7, 11) is 0. The standard InChI is InChI=1S/C23H23N3O5/c24-12-6-14-26(15-7-13-25)22(27)18-31-23(28)20-10-4-5-11-21(20)30-17-16-29-19-8-2-1-3-9-19/h1-5,8-11H,6-7,14-18H2. The van der Waals surface area contributed by atoms with Crippen LogP contribution in [-0.4, -0.2) is 49.7 Å². The molecule has 31 heavy (non-hydrogen) atoms. The molecule has 0 unspecified atom stereocenters. The molecule has 0 aromatic heterocycles. The number of esters is 1. The van der Waals surface area contributed by atoms with Crippen LogP contribution in [0.2, 0.25) is 0 Å². The van der Waals surface area contributed by atoms with Crippen molar-refractivity contribution >= 4 is 11.9 Å². The SMILES string of the molecule is N#CCCN(CCC#N)C(=O)COC(=O)c1ccccc1OCCOc1ccccc1. The van der Waals surface area contributed by atoms with Crippen molar-refractivity contribution in [2.24, 2.45) is 0 Å². The lowest BCUT2D eigenvalue weighted by atomic mass is 10.2. The van der Waals surface area contributed by atoms with Crippen LogP contribution in [0.4, 0.5) is 0 Å². The van der Waals surface area contributed by atoms with Gasteiger partial charge in [0, 0.05) is 13.1 Å². The van der Waals surface area contributed by atoms with Crippen LogP contribution in [0.3, 0.4) is 0 Å². The van der Waals surface area contributed by atoms with Crippen LogP contribution in [0, 0.1) is 22.7 Å². The summed E-state index contributed by atoms with van der Waals surface area (Å²) in [6, 6.07) is 19.8. The molecule has 0 heterocycles. The molecule has 2 rings (SSSR count). The number of hydrogen-bond acceptors (Lipinski definition) is 7. The third kappa shape index (κ3) is 8.08. The second kappa shape index (κ2) is 13.2. The van der Waals surface area contributed by atoms with Crippen molar-refractivity contribution in [3.05, 3.63) is 60.2 Å². The number of benzene rings is 2. The highest BCUT2D eigenvalue weighted by molar-refractivity contribution is 5.94. The largest absolute Gasteiger partial charge is 0.490 e. The van der Waals surface area contributed by atoms with Gasteiger partial charge < -0.3 is 19.1 Å². The zero-order valence-electron chi connectivity index (χ0n) is 17.0. The van der Waals surface area contributed by atoms with E-state index in [2.05, 4.69) is 0 Å². The van der Waals surface area contributed by atoms with Crippen molar-refractivity contribution < 1.29 is 23.8 Å². The minimum atomic E-state index is -0.701. The first-order valence-electron chi connectivity index (χ1n) is 9.74. The minimum Gasteiger partial charge on any atom is -0.490 e. The summed E-state index contributed by atoms with van der Waals surface area (Å²) in [5.41, 5.74) is 0.190. The van der Waals surface area contributed by atoms with E-state index < -0.39 is 18.5 Å². The van der Waals surface area contributed by atoms with Gasteiger partial charge in [0.2, 0.25) is 0 Å². The summed E-state index contributed by atoms with van der Waals surface area (Å²) in [5, 5.41) is 17.4. The Morgan fingerprint density at radius 1 is 0.839 bits per heavy atom. The van der Waals surface area contributed by atoms with E-state index in [0.717, 1.165) is 5.75 Å². The molecule has 0 N–H and O–H groups in total. The van der Waals surface area contributed by atoms with Gasteiger partial charge in [-0.3, -0.25) is 4.79 Å². The number of rotatable bonds is 12. The molecular weight excluding hydrogens is 398 g/mol. The molecule has 0 saturated carbocycles. The second-order valence-corrected chi connectivity index (χ2v) is 6.28. The van der Waals surface area contributed by atoms with Crippen LogP contribution in [0.5, 0.6) is 11.5 Å². The number of carbonyl (C=O) groups is 2. The molecule has 0 saturated heterocycles. The molecule has 0 aliphatic carbocycles. The van der Waals surface area contributed by atoms with Gasteiger partial charge in [0.1, 0.15) is 30.3 Å². The molecule has 160 valence electrons. The zero-order valence-corrected chi connectivity index (χ0v) is 17.0. The molecule has 0 aliphatic rings. The molecule has 0 radical (unpaired) electrons. The van der Waals surface area contributed by atoms with Crippen molar-refractivity contribution in [1.29, 1.82) is 10.5 Å². The van der Waals surface area contributed by atoms with E-state index in [9.17, 15) is 9.59 Å². The lowest BCUT2D eigenvalue weighted by molar-refractivity contribution is -0.134. The first kappa shape index (κ1) is 23.2. The highest BCUT2D eigenvalue weighted by atomic mass is 16.5. The Bertz CT molecular complexity index is 916. The Labute approximate surface area is 181 Å². The van der Waals surface area contributed by atoms with Crippen LogP contribution in [0.25, 0.3) is 0 Å². The van der Waals surface area contributed by atoms with Gasteiger partial charge in [-0.25, -0.2) is 4.79 Å². The molecule has 2 aromatic rings. The summed E-state index contributed by atoms with van der Waals surface area (Å²) in [6.07, 6.45) is 0.264. The third-order valence-electron chi connectivity index (χ3n) is 4.13. The Kier molecular flexibility index (Phi) is 9.92. The van der Waals surface area contributed by atoms with E-state index in [1.165, 1.54) is 4.90 Å². The molecule has 0 spiro atoms. The van der Waals surface area contributed by atoms with Gasteiger partial charge in [0.15, 0.2) is 6.61 Å². The molecular formula is C23H23N3O5. The molecule has 0 fully saturated rings. The van der Waals surface area contributed by atoms with Crippen LogP contribution < -0.4 is 9.47 Å². The lowest BCUT2D eigenvalue weighted by Gasteiger charge is -2.20. The van der Waals surface area contributed by atoms with Gasteiger partial charge in [-0.1, -0.05) is 30.3 Å². The quantitative estimate of drug-likeness (QED) is 0.382. The van der Waals surface area contributed by atoms with Crippen molar-refractivity contribution in [3.8, 4) is 23.6 Å². The fourth-order valence-electron chi connectivity index (χ4n) is 2.62. The third-order valence-corrected chi connectivity index (χ3v) is 4.13. The Balaban J connectivity index is 1.87. The predicted molar refractivity (Wildman–Crippen MR) is 111 cm³/mol. The van der Waals surface area contributed by atoms with E-state index in [1.807, 2.05) is 42.5 Å². The average molecular weight is 421 g/mol. The first-order chi connectivity index (χ1) is 15.2. The van der Waals surface area contributed by atoms with Gasteiger partial charge in [-0.05, 0) is 24.3 Å². The average Bonchev–Trinajstić information content (AvgIpc) is 2.81. The zero-order chi connectivity index (χ0) is 22.3. The molecule has 2 aromatic carbocycles. The number of nitrogens with zero attached hydrogens (tertiary/aromatic N) is 3. The van der Waals surface area contributed by atoms with Crippen molar-refractivity contribution in [1.82, 2.24) is 4.90 Å². The Hall–Kier alpha value is -4.04. The summed E-state index contributed by atoms with van der Waals surface area (Å²) < 4.78 is 16.3. The number of carbonyl (C=O) groups excluding carboxylic acids is 2. The topological polar surface area (TPSA) is 113 Å². The van der Waals surface area contributed by atoms with Crippen LogP contribution in [0.15, 0.2) is 54.6 Å². The predicted octanol–water partition coefficient (Wildman–Crippen LogP) is 2.96. The monoisotopic (exact) mass is 421 g/mol. The molecule has 1 amide bonds. The highest BCUT2D eigenvalue weighted by Crippen LogP contribution is 2.19. The van der Waals surface area contributed by atoms with E-state index in [1.54, 1.807) is 24.3 Å².